The number of hydrogen-bond donors (Lipinski definition) is 2. The van der Waals surface area contributed by atoms with Crippen LogP contribution in [0.3, 0.4) is 0 Å². The van der Waals surface area contributed by atoms with Crippen LogP contribution in [0.5, 0.6) is 11.5 Å². The maximum atomic E-state index is 12.1. The largest absolute Gasteiger partial charge is 0.495 e. The van der Waals surface area contributed by atoms with Crippen LogP contribution in [0.4, 0.5) is 11.4 Å². The van der Waals surface area contributed by atoms with Crippen molar-refractivity contribution >= 4 is 28.9 Å². The summed E-state index contributed by atoms with van der Waals surface area (Å²) in [5.74, 6) is 0.492. The molecular formula is C14H14ClN3O3. The number of halogens is 1. The highest BCUT2D eigenvalue weighted by Crippen LogP contribution is 2.36. The number of amides is 1. The number of hydrogen-bond acceptors (Lipinski definition) is 5. The van der Waals surface area contributed by atoms with E-state index in [1.807, 2.05) is 0 Å². The molecule has 7 heteroatoms. The molecule has 0 radical (unpaired) electrons. The monoisotopic (exact) mass is 307 g/mol. The van der Waals surface area contributed by atoms with Crippen LogP contribution < -0.4 is 20.5 Å². The van der Waals surface area contributed by atoms with E-state index in [1.165, 1.54) is 26.5 Å². The molecule has 0 unspecified atom stereocenters. The molecular weight excluding hydrogens is 294 g/mol. The van der Waals surface area contributed by atoms with Gasteiger partial charge in [0.1, 0.15) is 17.2 Å². The van der Waals surface area contributed by atoms with Crippen LogP contribution >= 0.6 is 11.6 Å². The van der Waals surface area contributed by atoms with Gasteiger partial charge >= 0.3 is 0 Å². The summed E-state index contributed by atoms with van der Waals surface area (Å²) in [5, 5.41) is 3.04. The summed E-state index contributed by atoms with van der Waals surface area (Å²) in [7, 11) is 2.98. The lowest BCUT2D eigenvalue weighted by Crippen LogP contribution is -2.14. The summed E-state index contributed by atoms with van der Waals surface area (Å²) in [6.45, 7) is 0. The van der Waals surface area contributed by atoms with Gasteiger partial charge in [0.05, 0.1) is 36.8 Å². The Morgan fingerprint density at radius 3 is 2.52 bits per heavy atom. The SMILES string of the molecule is COc1cc(OC)c(NC(=O)c2ccc(N)cn2)cc1Cl. The normalized spacial score (nSPS) is 10.0. The number of benzene rings is 1. The van der Waals surface area contributed by atoms with E-state index in [0.717, 1.165) is 0 Å². The van der Waals surface area contributed by atoms with E-state index >= 15 is 0 Å². The molecule has 6 nitrogen and oxygen atoms in total. The number of pyridine rings is 1. The summed E-state index contributed by atoms with van der Waals surface area (Å²) in [4.78, 5) is 16.1. The van der Waals surface area contributed by atoms with Crippen LogP contribution in [0.1, 0.15) is 10.5 Å². The van der Waals surface area contributed by atoms with Gasteiger partial charge in [0.25, 0.3) is 5.91 Å². The van der Waals surface area contributed by atoms with Gasteiger partial charge in [0, 0.05) is 6.07 Å². The van der Waals surface area contributed by atoms with Crippen LogP contribution in [-0.4, -0.2) is 25.1 Å². The smallest absolute Gasteiger partial charge is 0.274 e. The van der Waals surface area contributed by atoms with E-state index in [9.17, 15) is 4.79 Å². The molecule has 1 aromatic carbocycles. The number of nitrogens with two attached hydrogens (primary N) is 1. The van der Waals surface area contributed by atoms with Crippen molar-refractivity contribution in [2.45, 2.75) is 0 Å². The number of nitrogens with zero attached hydrogens (tertiary/aromatic N) is 1. The zero-order valence-electron chi connectivity index (χ0n) is 11.5. The second kappa shape index (κ2) is 6.32. The first-order valence-electron chi connectivity index (χ1n) is 5.99. The predicted octanol–water partition coefficient (Wildman–Crippen LogP) is 2.59. The van der Waals surface area contributed by atoms with Crippen molar-refractivity contribution in [2.24, 2.45) is 0 Å². The van der Waals surface area contributed by atoms with Crippen LogP contribution in [0.2, 0.25) is 5.02 Å². The van der Waals surface area contributed by atoms with Crippen molar-refractivity contribution in [3.8, 4) is 11.5 Å². The molecule has 1 amide bonds. The Hall–Kier alpha value is -2.47. The van der Waals surface area contributed by atoms with Gasteiger partial charge in [0.2, 0.25) is 0 Å². The standard InChI is InChI=1S/C14H14ClN3O3/c1-20-12-6-13(21-2)11(5-9(12)15)18-14(19)10-4-3-8(16)7-17-10/h3-7H,16H2,1-2H3,(H,18,19). The fourth-order valence-electron chi connectivity index (χ4n) is 1.68. The number of carbonyl (C=O) groups is 1. The molecule has 110 valence electrons. The highest BCUT2D eigenvalue weighted by molar-refractivity contribution is 6.32. The van der Waals surface area contributed by atoms with Gasteiger partial charge in [-0.1, -0.05) is 11.6 Å². The molecule has 0 aliphatic heterocycles. The van der Waals surface area contributed by atoms with E-state index in [2.05, 4.69) is 10.3 Å². The molecule has 0 saturated carbocycles. The van der Waals surface area contributed by atoms with Crippen molar-refractivity contribution in [3.63, 3.8) is 0 Å². The third-order valence-electron chi connectivity index (χ3n) is 2.74. The maximum absolute atomic E-state index is 12.1. The van der Waals surface area contributed by atoms with Crippen molar-refractivity contribution in [1.82, 2.24) is 4.98 Å². The van der Waals surface area contributed by atoms with Crippen LogP contribution in [0.25, 0.3) is 0 Å². The lowest BCUT2D eigenvalue weighted by molar-refractivity contribution is 0.102. The van der Waals surface area contributed by atoms with Gasteiger partial charge < -0.3 is 20.5 Å². The number of carbonyl (C=O) groups excluding carboxylic acids is 1. The van der Waals surface area contributed by atoms with Gasteiger partial charge in [-0.3, -0.25) is 4.79 Å². The lowest BCUT2D eigenvalue weighted by atomic mass is 10.2. The summed E-state index contributed by atoms with van der Waals surface area (Å²) >= 11 is 6.04. The fourth-order valence-corrected chi connectivity index (χ4v) is 1.92. The molecule has 2 rings (SSSR count). The molecule has 0 bridgehead atoms. The Balaban J connectivity index is 2.28. The molecule has 0 saturated heterocycles. The Morgan fingerprint density at radius 2 is 1.95 bits per heavy atom. The number of ether oxygens (including phenoxy) is 2. The van der Waals surface area contributed by atoms with E-state index in [-0.39, 0.29) is 5.69 Å². The molecule has 2 aromatic rings. The summed E-state index contributed by atoms with van der Waals surface area (Å²) < 4.78 is 10.3. The minimum Gasteiger partial charge on any atom is -0.495 e. The molecule has 0 aliphatic rings. The van der Waals surface area contributed by atoms with E-state index in [1.54, 1.807) is 18.2 Å². The summed E-state index contributed by atoms with van der Waals surface area (Å²) in [6, 6.07) is 6.27. The van der Waals surface area contributed by atoms with Crippen LogP contribution in [0.15, 0.2) is 30.5 Å². The maximum Gasteiger partial charge on any atom is 0.274 e. The Kier molecular flexibility index (Phi) is 4.49. The molecule has 0 aliphatic carbocycles. The molecule has 0 atom stereocenters. The van der Waals surface area contributed by atoms with Crippen molar-refractivity contribution in [3.05, 3.63) is 41.2 Å². The highest BCUT2D eigenvalue weighted by Gasteiger charge is 2.14. The van der Waals surface area contributed by atoms with E-state index in [4.69, 9.17) is 26.8 Å². The van der Waals surface area contributed by atoms with Gasteiger partial charge in [-0.15, -0.1) is 0 Å². The number of nitrogens with one attached hydrogen (secondary N) is 1. The van der Waals surface area contributed by atoms with Crippen molar-refractivity contribution in [2.75, 3.05) is 25.3 Å². The van der Waals surface area contributed by atoms with Gasteiger partial charge in [-0.25, -0.2) is 4.98 Å². The fraction of sp³-hybridized carbons (Fsp3) is 0.143. The number of nitrogen functional groups attached to an aromatic ring is 1. The molecule has 1 aromatic heterocycles. The third-order valence-corrected chi connectivity index (χ3v) is 3.04. The van der Waals surface area contributed by atoms with Gasteiger partial charge in [-0.2, -0.15) is 0 Å². The van der Waals surface area contributed by atoms with E-state index in [0.29, 0.717) is 27.9 Å². The quantitative estimate of drug-likeness (QED) is 0.906. The number of aromatic nitrogens is 1. The van der Waals surface area contributed by atoms with Crippen molar-refractivity contribution in [1.29, 1.82) is 0 Å². The predicted molar refractivity (Wildman–Crippen MR) is 81.2 cm³/mol. The topological polar surface area (TPSA) is 86.5 Å². The highest BCUT2D eigenvalue weighted by atomic mass is 35.5. The molecule has 3 N–H and O–H groups in total. The molecule has 0 fully saturated rings. The average molecular weight is 308 g/mol. The third kappa shape index (κ3) is 3.35. The summed E-state index contributed by atoms with van der Waals surface area (Å²) in [6.07, 6.45) is 1.41. The number of anilines is 2. The minimum atomic E-state index is -0.394. The minimum absolute atomic E-state index is 0.234. The molecule has 21 heavy (non-hydrogen) atoms. The first-order chi connectivity index (χ1) is 10.0. The average Bonchev–Trinajstić information content (AvgIpc) is 2.48. The zero-order chi connectivity index (χ0) is 15.4. The number of methoxy groups -OCH3 is 2. The van der Waals surface area contributed by atoms with E-state index < -0.39 is 5.91 Å². The second-order valence-corrected chi connectivity index (χ2v) is 4.53. The first kappa shape index (κ1) is 14.9. The first-order valence-corrected chi connectivity index (χ1v) is 6.37. The Morgan fingerprint density at radius 1 is 1.24 bits per heavy atom. The second-order valence-electron chi connectivity index (χ2n) is 4.12. The van der Waals surface area contributed by atoms with Gasteiger partial charge in [-0.05, 0) is 18.2 Å². The molecule has 0 spiro atoms. The lowest BCUT2D eigenvalue weighted by Gasteiger charge is -2.12. The zero-order valence-corrected chi connectivity index (χ0v) is 12.3. The molecule has 1 heterocycles. The van der Waals surface area contributed by atoms with Crippen LogP contribution in [0, 0.1) is 0 Å². The Labute approximate surface area is 126 Å². The van der Waals surface area contributed by atoms with Crippen molar-refractivity contribution < 1.29 is 14.3 Å². The number of rotatable bonds is 4. The Bertz CT molecular complexity index is 659. The van der Waals surface area contributed by atoms with Gasteiger partial charge in [0.15, 0.2) is 0 Å². The summed E-state index contributed by atoms with van der Waals surface area (Å²) in [5.41, 5.74) is 6.67. The van der Waals surface area contributed by atoms with Crippen LogP contribution in [-0.2, 0) is 0 Å².